The summed E-state index contributed by atoms with van der Waals surface area (Å²) in [5.41, 5.74) is 4.93. The molecule has 2 saturated carbocycles. The Hall–Kier alpha value is -3.48. The van der Waals surface area contributed by atoms with Crippen LogP contribution in [0.5, 0.6) is 5.75 Å². The van der Waals surface area contributed by atoms with Gasteiger partial charge in [-0.05, 0) is 36.8 Å². The average Bonchev–Trinajstić information content (AvgIpc) is 2.76. The van der Waals surface area contributed by atoms with Crippen molar-refractivity contribution in [3.05, 3.63) is 28.3 Å². The monoisotopic (exact) mass is 489 g/mol. The molecule has 0 saturated heterocycles. The van der Waals surface area contributed by atoms with E-state index in [0.717, 1.165) is 0 Å². The number of fused-ring (bicyclic) bond motifs is 3. The number of hydrogen-bond donors (Lipinski definition) is 6. The Kier molecular flexibility index (Phi) is 5.86. The first kappa shape index (κ1) is 24.6. The molecule has 0 radical (unpaired) electrons. The summed E-state index contributed by atoms with van der Waals surface area (Å²) in [5, 5.41) is 43.8. The second kappa shape index (κ2) is 8.33. The number of primary amides is 1. The molecule has 5 atom stereocenters. The van der Waals surface area contributed by atoms with Gasteiger partial charge in [0.15, 0.2) is 11.4 Å². The lowest BCUT2D eigenvalue weighted by Gasteiger charge is -2.48. The molecule has 0 aromatic heterocycles. The predicted octanol–water partition coefficient (Wildman–Crippen LogP) is -1.05. The van der Waals surface area contributed by atoms with E-state index in [1.807, 2.05) is 0 Å². The van der Waals surface area contributed by atoms with Crippen molar-refractivity contribution in [2.24, 2.45) is 23.5 Å². The number of nitrogens with two attached hydrogens (primary N) is 1. The summed E-state index contributed by atoms with van der Waals surface area (Å²) in [6.45, 7) is 0. The van der Waals surface area contributed by atoms with Gasteiger partial charge in [0.1, 0.15) is 17.4 Å². The molecule has 12 heteroatoms. The van der Waals surface area contributed by atoms with Crippen LogP contribution in [0.1, 0.15) is 34.3 Å². The highest BCUT2D eigenvalue weighted by Gasteiger charge is 2.64. The number of Topliss-reactive ketones (excluding diaryl/α,β-unsaturated/α-hetero) is 2. The van der Waals surface area contributed by atoms with Crippen LogP contribution in [-0.2, 0) is 25.6 Å². The number of carbonyl (C=O) groups excluding carboxylic acids is 4. The first-order valence-electron chi connectivity index (χ1n) is 11.0. The number of aromatic hydroxyl groups is 1. The SMILES string of the molecule is CONC(=O)c1cc(N(C)C)c2c(c1O)C(O)=C1C(=O)[C@]3(O)C(=O)C(C(N)=O)C(O)C[C@@H]3C[C@@H]1C2. The van der Waals surface area contributed by atoms with Crippen LogP contribution in [-0.4, -0.2) is 76.7 Å². The minimum absolute atomic E-state index is 0.0505. The topological polar surface area (TPSA) is 200 Å². The third kappa shape index (κ3) is 3.39. The molecule has 35 heavy (non-hydrogen) atoms. The number of hydroxylamine groups is 1. The van der Waals surface area contributed by atoms with E-state index in [1.165, 1.54) is 13.2 Å². The molecule has 1 aromatic rings. The molecule has 0 spiro atoms. The molecule has 0 bridgehead atoms. The average molecular weight is 489 g/mol. The highest BCUT2D eigenvalue weighted by molar-refractivity contribution is 6.25. The van der Waals surface area contributed by atoms with Crippen LogP contribution in [0.3, 0.4) is 0 Å². The maximum absolute atomic E-state index is 13.6. The standard InChI is InChI=1S/C23H27N3O9/c1-26(2)12-7-11(22(33)25-35-3)17(28)15-10(12)5-8-4-9-6-13(27)16(21(24)32)20(31)23(9,34)19(30)14(8)18(15)29/h7-9,13,16,27-29,34H,4-6H2,1-3H3,(H2,24,32)(H,25,33)/t8-,9+,13?,16?,23+/m1/s1. The number of anilines is 1. The number of ketones is 2. The fourth-order valence-corrected chi connectivity index (χ4v) is 5.69. The highest BCUT2D eigenvalue weighted by Crippen LogP contribution is 2.53. The molecule has 4 rings (SSSR count). The Balaban J connectivity index is 1.92. The molecule has 2 fully saturated rings. The van der Waals surface area contributed by atoms with E-state index in [0.29, 0.717) is 11.3 Å². The molecule has 12 nitrogen and oxygen atoms in total. The van der Waals surface area contributed by atoms with Crippen LogP contribution in [0.25, 0.3) is 5.76 Å². The Morgan fingerprint density at radius 2 is 1.89 bits per heavy atom. The number of nitrogens with zero attached hydrogens (tertiary/aromatic N) is 1. The van der Waals surface area contributed by atoms with E-state index in [-0.39, 0.29) is 36.0 Å². The van der Waals surface area contributed by atoms with Crippen LogP contribution in [0.2, 0.25) is 0 Å². The summed E-state index contributed by atoms with van der Waals surface area (Å²) < 4.78 is 0. The summed E-state index contributed by atoms with van der Waals surface area (Å²) in [7, 11) is 4.61. The van der Waals surface area contributed by atoms with Crippen LogP contribution in [0.15, 0.2) is 11.6 Å². The lowest BCUT2D eigenvalue weighted by atomic mass is 9.56. The number of phenols is 1. The number of aliphatic hydroxyl groups is 3. The van der Waals surface area contributed by atoms with E-state index in [1.54, 1.807) is 19.0 Å². The molecule has 0 aliphatic heterocycles. The Morgan fingerprint density at radius 3 is 2.46 bits per heavy atom. The Labute approximate surface area is 199 Å². The molecule has 188 valence electrons. The summed E-state index contributed by atoms with van der Waals surface area (Å²) in [6, 6.07) is 1.42. The van der Waals surface area contributed by atoms with E-state index < -0.39 is 64.3 Å². The molecule has 2 amide bonds. The van der Waals surface area contributed by atoms with Gasteiger partial charge in [-0.15, -0.1) is 0 Å². The quantitative estimate of drug-likeness (QED) is 0.224. The maximum atomic E-state index is 13.6. The second-order valence-corrected chi connectivity index (χ2v) is 9.41. The molecule has 0 heterocycles. The normalized spacial score (nSPS) is 29.7. The molecule has 3 aliphatic carbocycles. The van der Waals surface area contributed by atoms with Gasteiger partial charge < -0.3 is 31.1 Å². The van der Waals surface area contributed by atoms with Gasteiger partial charge in [0.05, 0.1) is 24.3 Å². The molecule has 1 aromatic carbocycles. The van der Waals surface area contributed by atoms with E-state index in [2.05, 4.69) is 10.3 Å². The molecule has 2 unspecified atom stereocenters. The van der Waals surface area contributed by atoms with Gasteiger partial charge in [-0.1, -0.05) is 0 Å². The van der Waals surface area contributed by atoms with Crippen LogP contribution in [0.4, 0.5) is 5.69 Å². The van der Waals surface area contributed by atoms with Crippen molar-refractivity contribution in [1.29, 1.82) is 0 Å². The lowest BCUT2D eigenvalue weighted by Crippen LogP contribution is -2.66. The van der Waals surface area contributed by atoms with Gasteiger partial charge in [-0.2, -0.15) is 0 Å². The third-order valence-electron chi connectivity index (χ3n) is 7.28. The number of carbonyl (C=O) groups is 4. The zero-order valence-electron chi connectivity index (χ0n) is 19.4. The summed E-state index contributed by atoms with van der Waals surface area (Å²) in [5.74, 6) is -8.99. The molecular weight excluding hydrogens is 462 g/mol. The summed E-state index contributed by atoms with van der Waals surface area (Å²) in [6.07, 6.45) is -1.46. The summed E-state index contributed by atoms with van der Waals surface area (Å²) in [4.78, 5) is 57.1. The molecule has 3 aliphatic rings. The van der Waals surface area contributed by atoms with Crippen molar-refractivity contribution >= 4 is 34.8 Å². The van der Waals surface area contributed by atoms with Gasteiger partial charge in [-0.25, -0.2) is 5.48 Å². The van der Waals surface area contributed by atoms with Gasteiger partial charge in [-0.3, -0.25) is 24.0 Å². The van der Waals surface area contributed by atoms with Crippen molar-refractivity contribution < 1.29 is 44.4 Å². The van der Waals surface area contributed by atoms with Crippen molar-refractivity contribution in [1.82, 2.24) is 5.48 Å². The zero-order chi connectivity index (χ0) is 26.0. The Bertz CT molecular complexity index is 1190. The number of amides is 2. The number of benzene rings is 1. The first-order valence-corrected chi connectivity index (χ1v) is 11.0. The fraction of sp³-hybridized carbons (Fsp3) is 0.478. The highest BCUT2D eigenvalue weighted by atomic mass is 16.6. The van der Waals surface area contributed by atoms with Gasteiger partial charge in [0.25, 0.3) is 5.91 Å². The van der Waals surface area contributed by atoms with E-state index in [9.17, 15) is 39.6 Å². The minimum atomic E-state index is -2.67. The minimum Gasteiger partial charge on any atom is -0.507 e. The van der Waals surface area contributed by atoms with E-state index >= 15 is 0 Å². The van der Waals surface area contributed by atoms with Gasteiger partial charge >= 0.3 is 0 Å². The number of aliphatic hydroxyl groups excluding tert-OH is 2. The third-order valence-corrected chi connectivity index (χ3v) is 7.28. The lowest BCUT2D eigenvalue weighted by molar-refractivity contribution is -0.174. The maximum Gasteiger partial charge on any atom is 0.278 e. The summed E-state index contributed by atoms with van der Waals surface area (Å²) >= 11 is 0. The fourth-order valence-electron chi connectivity index (χ4n) is 5.69. The van der Waals surface area contributed by atoms with Crippen molar-refractivity contribution in [3.63, 3.8) is 0 Å². The van der Waals surface area contributed by atoms with Crippen LogP contribution >= 0.6 is 0 Å². The van der Waals surface area contributed by atoms with E-state index in [4.69, 9.17) is 5.73 Å². The number of hydrogen-bond acceptors (Lipinski definition) is 10. The van der Waals surface area contributed by atoms with Gasteiger partial charge in [0.2, 0.25) is 11.7 Å². The predicted molar refractivity (Wildman–Crippen MR) is 120 cm³/mol. The molecule has 7 N–H and O–H groups in total. The first-order chi connectivity index (χ1) is 16.4. The molecular formula is C23H27N3O9. The number of nitrogens with one attached hydrogen (secondary N) is 1. The largest absolute Gasteiger partial charge is 0.507 e. The van der Waals surface area contributed by atoms with Crippen molar-refractivity contribution in [2.75, 3.05) is 26.1 Å². The smallest absolute Gasteiger partial charge is 0.278 e. The van der Waals surface area contributed by atoms with Gasteiger partial charge in [0, 0.05) is 31.3 Å². The second-order valence-electron chi connectivity index (χ2n) is 9.41. The van der Waals surface area contributed by atoms with Crippen LogP contribution in [0, 0.1) is 17.8 Å². The van der Waals surface area contributed by atoms with Crippen LogP contribution < -0.4 is 16.1 Å². The Morgan fingerprint density at radius 1 is 1.23 bits per heavy atom. The van der Waals surface area contributed by atoms with Crippen molar-refractivity contribution in [2.45, 2.75) is 31.0 Å². The number of phenolic OH excluding ortho intramolecular Hbond substituents is 1. The number of rotatable bonds is 4. The zero-order valence-corrected chi connectivity index (χ0v) is 19.4. The van der Waals surface area contributed by atoms with Crippen molar-refractivity contribution in [3.8, 4) is 5.75 Å².